The number of thioether (sulfide) groups is 1. The lowest BCUT2D eigenvalue weighted by atomic mass is 10.0. The molecule has 1 atom stereocenters. The number of carbonyl (C=O) groups excluding carboxylic acids is 2. The first-order valence-corrected chi connectivity index (χ1v) is 13.7. The van der Waals surface area contributed by atoms with Crippen molar-refractivity contribution >= 4 is 35.2 Å². The van der Waals surface area contributed by atoms with Crippen molar-refractivity contribution < 1.29 is 14.0 Å². The van der Waals surface area contributed by atoms with Crippen molar-refractivity contribution in [3.8, 4) is 0 Å². The molecule has 0 aliphatic rings. The van der Waals surface area contributed by atoms with Gasteiger partial charge in [-0.3, -0.25) is 9.59 Å². The maximum Gasteiger partial charge on any atom is 0.243 e. The van der Waals surface area contributed by atoms with Crippen LogP contribution in [0.3, 0.4) is 0 Å². The highest BCUT2D eigenvalue weighted by Crippen LogP contribution is 2.22. The van der Waals surface area contributed by atoms with Gasteiger partial charge >= 0.3 is 0 Å². The van der Waals surface area contributed by atoms with Gasteiger partial charge in [-0.2, -0.15) is 0 Å². The summed E-state index contributed by atoms with van der Waals surface area (Å²) in [5.74, 6) is 0.154. The third kappa shape index (κ3) is 8.68. The van der Waals surface area contributed by atoms with E-state index in [-0.39, 0.29) is 29.9 Å². The van der Waals surface area contributed by atoms with Crippen LogP contribution in [0.15, 0.2) is 78.9 Å². The van der Waals surface area contributed by atoms with E-state index in [0.29, 0.717) is 23.7 Å². The lowest BCUT2D eigenvalue weighted by molar-refractivity contribution is -0.139. The normalized spacial score (nSPS) is 11.6. The summed E-state index contributed by atoms with van der Waals surface area (Å²) in [6, 6.07) is 22.7. The second kappa shape index (κ2) is 14.7. The Labute approximate surface area is 222 Å². The van der Waals surface area contributed by atoms with Crippen LogP contribution in [0.4, 0.5) is 4.39 Å². The molecule has 3 rings (SSSR count). The van der Waals surface area contributed by atoms with Crippen LogP contribution in [0.1, 0.15) is 36.5 Å². The molecule has 0 bridgehead atoms. The first-order valence-electron chi connectivity index (χ1n) is 12.1. The fraction of sp³-hybridized carbons (Fsp3) is 0.310. The van der Waals surface area contributed by atoms with Gasteiger partial charge in [0.1, 0.15) is 11.9 Å². The Balaban J connectivity index is 1.83. The Morgan fingerprint density at radius 1 is 0.972 bits per heavy atom. The molecule has 4 nitrogen and oxygen atoms in total. The fourth-order valence-corrected chi connectivity index (χ4v) is 4.86. The molecule has 0 aromatic heterocycles. The first kappa shape index (κ1) is 27.8. The number of carbonyl (C=O) groups is 2. The third-order valence-corrected chi connectivity index (χ3v) is 7.16. The monoisotopic (exact) mass is 526 g/mol. The Hall–Kier alpha value is -2.83. The molecule has 0 saturated carbocycles. The molecule has 0 spiro atoms. The van der Waals surface area contributed by atoms with Crippen molar-refractivity contribution in [3.05, 3.63) is 106 Å². The van der Waals surface area contributed by atoms with Gasteiger partial charge in [-0.15, -0.1) is 11.8 Å². The molecule has 0 unspecified atom stereocenters. The molecule has 0 saturated heterocycles. The predicted molar refractivity (Wildman–Crippen MR) is 146 cm³/mol. The number of benzene rings is 3. The summed E-state index contributed by atoms with van der Waals surface area (Å²) in [6.45, 7) is 2.86. The molecular weight excluding hydrogens is 495 g/mol. The highest BCUT2D eigenvalue weighted by atomic mass is 35.5. The van der Waals surface area contributed by atoms with Crippen molar-refractivity contribution in [2.45, 2.75) is 44.5 Å². The van der Waals surface area contributed by atoms with Crippen LogP contribution in [0.25, 0.3) is 0 Å². The molecule has 3 aromatic carbocycles. The molecule has 190 valence electrons. The van der Waals surface area contributed by atoms with Crippen molar-refractivity contribution in [2.75, 3.05) is 12.3 Å². The largest absolute Gasteiger partial charge is 0.354 e. The van der Waals surface area contributed by atoms with E-state index in [9.17, 15) is 14.0 Å². The second-order valence-corrected chi connectivity index (χ2v) is 9.98. The summed E-state index contributed by atoms with van der Waals surface area (Å²) < 4.78 is 13.2. The van der Waals surface area contributed by atoms with Crippen molar-refractivity contribution in [1.29, 1.82) is 0 Å². The van der Waals surface area contributed by atoms with Gasteiger partial charge in [-0.25, -0.2) is 4.39 Å². The number of hydrogen-bond acceptors (Lipinski definition) is 3. The summed E-state index contributed by atoms with van der Waals surface area (Å²) in [5, 5.41) is 3.57. The quantitative estimate of drug-likeness (QED) is 0.267. The molecule has 36 heavy (non-hydrogen) atoms. The van der Waals surface area contributed by atoms with E-state index in [0.717, 1.165) is 29.5 Å². The number of nitrogens with zero attached hydrogens (tertiary/aromatic N) is 1. The summed E-state index contributed by atoms with van der Waals surface area (Å²) >= 11 is 7.88. The van der Waals surface area contributed by atoms with Gasteiger partial charge in [0, 0.05) is 30.3 Å². The van der Waals surface area contributed by atoms with E-state index in [2.05, 4.69) is 12.2 Å². The van der Waals surface area contributed by atoms with Crippen LogP contribution >= 0.6 is 23.4 Å². The zero-order valence-electron chi connectivity index (χ0n) is 20.5. The molecule has 0 radical (unpaired) electrons. The minimum Gasteiger partial charge on any atom is -0.354 e. The van der Waals surface area contributed by atoms with Gasteiger partial charge in [-0.1, -0.05) is 85.6 Å². The van der Waals surface area contributed by atoms with E-state index < -0.39 is 6.04 Å². The second-order valence-electron chi connectivity index (χ2n) is 8.58. The number of rotatable bonds is 13. The molecule has 0 fully saturated rings. The number of unbranched alkanes of at least 4 members (excludes halogenated alkanes) is 1. The third-order valence-electron chi connectivity index (χ3n) is 5.81. The number of nitrogens with one attached hydrogen (secondary N) is 1. The van der Waals surface area contributed by atoms with Crippen LogP contribution < -0.4 is 5.32 Å². The van der Waals surface area contributed by atoms with Gasteiger partial charge in [0.15, 0.2) is 0 Å². The van der Waals surface area contributed by atoms with Gasteiger partial charge in [0.25, 0.3) is 0 Å². The molecule has 2 amide bonds. The standard InChI is InChI=1S/C29H32ClFN2O2S/c1-2-3-17-32-29(35)27(18-22-9-5-4-6-10-22)33(19-24-11-7-8-12-26(24)30)28(34)21-36-20-23-13-15-25(31)16-14-23/h4-16,27H,2-3,17-21H2,1H3,(H,32,35)/t27-/m0/s1. The van der Waals surface area contributed by atoms with E-state index in [4.69, 9.17) is 11.6 Å². The SMILES string of the molecule is CCCCNC(=O)[C@H](Cc1ccccc1)N(Cc1ccccc1Cl)C(=O)CSCc1ccc(F)cc1. The Kier molecular flexibility index (Phi) is 11.3. The minimum absolute atomic E-state index is 0.145. The Morgan fingerprint density at radius 2 is 1.67 bits per heavy atom. The molecule has 0 aliphatic heterocycles. The molecule has 0 heterocycles. The molecule has 7 heteroatoms. The maximum absolute atomic E-state index is 13.6. The zero-order chi connectivity index (χ0) is 25.8. The average Bonchev–Trinajstić information content (AvgIpc) is 2.89. The number of halogens is 2. The van der Waals surface area contributed by atoms with Crippen LogP contribution in [-0.2, 0) is 28.3 Å². The fourth-order valence-electron chi connectivity index (χ4n) is 3.79. The van der Waals surface area contributed by atoms with Crippen molar-refractivity contribution in [1.82, 2.24) is 10.2 Å². The molecule has 3 aromatic rings. The van der Waals surface area contributed by atoms with E-state index in [1.807, 2.05) is 48.5 Å². The molecule has 1 N–H and O–H groups in total. The Bertz CT molecular complexity index is 1110. The smallest absolute Gasteiger partial charge is 0.243 e. The van der Waals surface area contributed by atoms with Crippen LogP contribution in [0.5, 0.6) is 0 Å². The summed E-state index contributed by atoms with van der Waals surface area (Å²) in [5.41, 5.74) is 2.70. The predicted octanol–water partition coefficient (Wildman–Crippen LogP) is 6.27. The number of amides is 2. The topological polar surface area (TPSA) is 49.4 Å². The van der Waals surface area contributed by atoms with Crippen molar-refractivity contribution in [3.63, 3.8) is 0 Å². The Morgan fingerprint density at radius 3 is 2.36 bits per heavy atom. The zero-order valence-corrected chi connectivity index (χ0v) is 22.0. The van der Waals surface area contributed by atoms with Gasteiger partial charge in [0.05, 0.1) is 5.75 Å². The average molecular weight is 527 g/mol. The minimum atomic E-state index is -0.681. The molecule has 0 aliphatic carbocycles. The van der Waals surface area contributed by atoms with Crippen LogP contribution in [0, 0.1) is 5.82 Å². The van der Waals surface area contributed by atoms with Crippen LogP contribution in [-0.4, -0.2) is 35.1 Å². The van der Waals surface area contributed by atoms with Gasteiger partial charge < -0.3 is 10.2 Å². The highest BCUT2D eigenvalue weighted by molar-refractivity contribution is 7.99. The lowest BCUT2D eigenvalue weighted by Gasteiger charge is -2.32. The van der Waals surface area contributed by atoms with Gasteiger partial charge in [-0.05, 0) is 41.3 Å². The van der Waals surface area contributed by atoms with E-state index >= 15 is 0 Å². The van der Waals surface area contributed by atoms with Crippen molar-refractivity contribution in [2.24, 2.45) is 0 Å². The van der Waals surface area contributed by atoms with Gasteiger partial charge in [0.2, 0.25) is 11.8 Å². The highest BCUT2D eigenvalue weighted by Gasteiger charge is 2.30. The summed E-state index contributed by atoms with van der Waals surface area (Å²) in [7, 11) is 0. The number of hydrogen-bond donors (Lipinski definition) is 1. The van der Waals surface area contributed by atoms with E-state index in [1.54, 1.807) is 23.1 Å². The van der Waals surface area contributed by atoms with E-state index in [1.165, 1.54) is 23.9 Å². The first-order chi connectivity index (χ1) is 17.5. The molecular formula is C29H32ClFN2O2S. The summed E-state index contributed by atoms with van der Waals surface area (Å²) in [4.78, 5) is 28.6. The lowest BCUT2D eigenvalue weighted by Crippen LogP contribution is -2.51. The summed E-state index contributed by atoms with van der Waals surface area (Å²) in [6.07, 6.45) is 2.24. The van der Waals surface area contributed by atoms with Crippen LogP contribution in [0.2, 0.25) is 5.02 Å². The maximum atomic E-state index is 13.6.